The molecule has 1 aromatic carbocycles. The van der Waals surface area contributed by atoms with Crippen LogP contribution in [0, 0.1) is 0 Å². The lowest BCUT2D eigenvalue weighted by Gasteiger charge is -2.12. The summed E-state index contributed by atoms with van der Waals surface area (Å²) in [4.78, 5) is 7.65. The van der Waals surface area contributed by atoms with E-state index in [0.717, 1.165) is 0 Å². The van der Waals surface area contributed by atoms with Crippen LogP contribution in [0.15, 0.2) is 22.8 Å². The molecule has 0 atom stereocenters. The second-order valence-electron chi connectivity index (χ2n) is 3.72. The van der Waals surface area contributed by atoms with Crippen LogP contribution in [0.5, 0.6) is 23.0 Å². The Kier molecular flexibility index (Phi) is 4.14. The van der Waals surface area contributed by atoms with Gasteiger partial charge in [-0.2, -0.15) is 4.98 Å². The molecule has 0 aliphatic rings. The number of rotatable bonds is 4. The first kappa shape index (κ1) is 14.2. The van der Waals surface area contributed by atoms with Gasteiger partial charge in [-0.3, -0.25) is 0 Å². The third-order valence-corrected chi connectivity index (χ3v) is 3.23. The zero-order chi connectivity index (χ0) is 14.7. The highest BCUT2D eigenvalue weighted by Crippen LogP contribution is 2.40. The maximum Gasteiger partial charge on any atom is 0.222 e. The average molecular weight is 341 g/mol. The second kappa shape index (κ2) is 5.83. The number of nitrogens with zero attached hydrogens (tertiary/aromatic N) is 2. The van der Waals surface area contributed by atoms with Crippen molar-refractivity contribution in [2.24, 2.45) is 0 Å². The number of nitrogen functional groups attached to an aromatic ring is 2. The number of benzene rings is 1. The van der Waals surface area contributed by atoms with Crippen LogP contribution in [0.3, 0.4) is 0 Å². The molecule has 0 aliphatic heterocycles. The van der Waals surface area contributed by atoms with Crippen LogP contribution in [0.25, 0.3) is 0 Å². The Morgan fingerprint density at radius 3 is 2.15 bits per heavy atom. The lowest BCUT2D eigenvalue weighted by atomic mass is 10.3. The fraction of sp³-hybridized carbons (Fsp3) is 0.167. The Morgan fingerprint density at radius 2 is 1.65 bits per heavy atom. The van der Waals surface area contributed by atoms with Crippen molar-refractivity contribution in [1.82, 2.24) is 9.97 Å². The second-order valence-corrected chi connectivity index (χ2v) is 4.51. The molecular weight excluding hydrogens is 328 g/mol. The van der Waals surface area contributed by atoms with E-state index in [1.165, 1.54) is 6.20 Å². The van der Waals surface area contributed by atoms with Gasteiger partial charge in [-0.15, -0.1) is 0 Å². The lowest BCUT2D eigenvalue weighted by molar-refractivity contribution is 0.382. The Morgan fingerprint density at radius 1 is 1.05 bits per heavy atom. The smallest absolute Gasteiger partial charge is 0.222 e. The fourth-order valence-corrected chi connectivity index (χ4v) is 2.06. The molecule has 0 spiro atoms. The van der Waals surface area contributed by atoms with Crippen molar-refractivity contribution in [2.45, 2.75) is 0 Å². The topological polar surface area (TPSA) is 106 Å². The monoisotopic (exact) mass is 340 g/mol. The molecule has 0 radical (unpaired) electrons. The van der Waals surface area contributed by atoms with Crippen molar-refractivity contribution in [3.05, 3.63) is 22.8 Å². The highest BCUT2D eigenvalue weighted by Gasteiger charge is 2.13. The van der Waals surface area contributed by atoms with Gasteiger partial charge in [0.2, 0.25) is 5.95 Å². The predicted molar refractivity (Wildman–Crippen MR) is 78.2 cm³/mol. The van der Waals surface area contributed by atoms with Gasteiger partial charge in [0.25, 0.3) is 0 Å². The minimum atomic E-state index is 0.0841. The van der Waals surface area contributed by atoms with Gasteiger partial charge in [-0.25, -0.2) is 4.98 Å². The van der Waals surface area contributed by atoms with Crippen LogP contribution in [0.4, 0.5) is 11.8 Å². The highest BCUT2D eigenvalue weighted by molar-refractivity contribution is 9.10. The first-order chi connectivity index (χ1) is 9.55. The van der Waals surface area contributed by atoms with Gasteiger partial charge in [0.1, 0.15) is 21.7 Å². The summed E-state index contributed by atoms with van der Waals surface area (Å²) in [6, 6.07) is 3.37. The number of ether oxygens (including phenoxy) is 3. The van der Waals surface area contributed by atoms with E-state index in [2.05, 4.69) is 25.9 Å². The van der Waals surface area contributed by atoms with Gasteiger partial charge in [0.05, 0.1) is 20.4 Å². The molecule has 0 bridgehead atoms. The third kappa shape index (κ3) is 2.85. The average Bonchev–Trinajstić information content (AvgIpc) is 2.43. The summed E-state index contributed by atoms with van der Waals surface area (Å²) in [5.41, 5.74) is 11.1. The maximum absolute atomic E-state index is 5.71. The largest absolute Gasteiger partial charge is 0.495 e. The number of hydrogen-bond donors (Lipinski definition) is 2. The Balaban J connectivity index is 2.38. The normalized spacial score (nSPS) is 10.2. The molecule has 0 saturated carbocycles. The summed E-state index contributed by atoms with van der Waals surface area (Å²) in [5.74, 6) is 2.13. The van der Waals surface area contributed by atoms with E-state index in [1.54, 1.807) is 26.4 Å². The Bertz CT molecular complexity index is 611. The Hall–Kier alpha value is -2.22. The molecular formula is C12H13BrN4O3. The van der Waals surface area contributed by atoms with E-state index >= 15 is 0 Å². The van der Waals surface area contributed by atoms with E-state index in [0.29, 0.717) is 27.5 Å². The molecule has 0 saturated heterocycles. The molecule has 2 aromatic rings. The van der Waals surface area contributed by atoms with E-state index in [1.807, 2.05) is 0 Å². The molecule has 4 N–H and O–H groups in total. The summed E-state index contributed by atoms with van der Waals surface area (Å²) in [6.07, 6.45) is 1.40. The van der Waals surface area contributed by atoms with Crippen molar-refractivity contribution in [3.8, 4) is 23.0 Å². The summed E-state index contributed by atoms with van der Waals surface area (Å²) in [7, 11) is 3.09. The molecule has 106 valence electrons. The van der Waals surface area contributed by atoms with Crippen LogP contribution < -0.4 is 25.7 Å². The molecule has 0 fully saturated rings. The van der Waals surface area contributed by atoms with E-state index < -0.39 is 0 Å². The first-order valence-corrected chi connectivity index (χ1v) is 6.31. The molecule has 2 rings (SSSR count). The summed E-state index contributed by atoms with van der Waals surface area (Å²) in [5, 5.41) is 0. The molecule has 7 nitrogen and oxygen atoms in total. The van der Waals surface area contributed by atoms with Gasteiger partial charge in [0, 0.05) is 12.1 Å². The first-order valence-electron chi connectivity index (χ1n) is 5.52. The van der Waals surface area contributed by atoms with Crippen molar-refractivity contribution in [3.63, 3.8) is 0 Å². The number of hydrogen-bond acceptors (Lipinski definition) is 7. The van der Waals surface area contributed by atoms with Crippen LogP contribution >= 0.6 is 15.9 Å². The number of halogens is 1. The number of aromatic nitrogens is 2. The van der Waals surface area contributed by atoms with Gasteiger partial charge < -0.3 is 25.7 Å². The Labute approximate surface area is 124 Å². The number of anilines is 2. The quantitative estimate of drug-likeness (QED) is 0.878. The van der Waals surface area contributed by atoms with Crippen LogP contribution in [-0.2, 0) is 0 Å². The van der Waals surface area contributed by atoms with Crippen molar-refractivity contribution < 1.29 is 14.2 Å². The van der Waals surface area contributed by atoms with Gasteiger partial charge in [-0.05, 0) is 15.9 Å². The predicted octanol–water partition coefficient (Wildman–Crippen LogP) is 2.21. The standard InChI is InChI=1S/C12H13BrN4O3/c1-18-7-3-6(4-8(19-2)10(7)13)20-9-5-16-12(15)17-11(9)14/h3-5H,1-2H3,(H4,14,15,16,17). The minimum Gasteiger partial charge on any atom is -0.495 e. The zero-order valence-electron chi connectivity index (χ0n) is 10.9. The molecule has 8 heteroatoms. The van der Waals surface area contributed by atoms with Gasteiger partial charge >= 0.3 is 0 Å². The van der Waals surface area contributed by atoms with Gasteiger partial charge in [0.15, 0.2) is 11.6 Å². The summed E-state index contributed by atoms with van der Waals surface area (Å²) in [6.45, 7) is 0. The van der Waals surface area contributed by atoms with E-state index in [4.69, 9.17) is 25.7 Å². The van der Waals surface area contributed by atoms with Crippen LogP contribution in [0.2, 0.25) is 0 Å². The van der Waals surface area contributed by atoms with E-state index in [9.17, 15) is 0 Å². The zero-order valence-corrected chi connectivity index (χ0v) is 12.5. The summed E-state index contributed by atoms with van der Waals surface area (Å²) < 4.78 is 16.8. The van der Waals surface area contributed by atoms with E-state index in [-0.39, 0.29) is 11.8 Å². The number of methoxy groups -OCH3 is 2. The van der Waals surface area contributed by atoms with Crippen molar-refractivity contribution >= 4 is 27.7 Å². The van der Waals surface area contributed by atoms with Crippen LogP contribution in [-0.4, -0.2) is 24.2 Å². The highest BCUT2D eigenvalue weighted by atomic mass is 79.9. The minimum absolute atomic E-state index is 0.0841. The molecule has 0 unspecified atom stereocenters. The summed E-state index contributed by atoms with van der Waals surface area (Å²) >= 11 is 3.37. The molecule has 20 heavy (non-hydrogen) atoms. The lowest BCUT2D eigenvalue weighted by Crippen LogP contribution is -2.01. The molecule has 0 aliphatic carbocycles. The molecule has 1 aromatic heterocycles. The third-order valence-electron chi connectivity index (χ3n) is 2.45. The maximum atomic E-state index is 5.71. The van der Waals surface area contributed by atoms with Crippen LogP contribution in [0.1, 0.15) is 0 Å². The number of nitrogens with two attached hydrogens (primary N) is 2. The van der Waals surface area contributed by atoms with Crippen molar-refractivity contribution in [1.29, 1.82) is 0 Å². The fourth-order valence-electron chi connectivity index (χ4n) is 1.51. The van der Waals surface area contributed by atoms with Crippen molar-refractivity contribution in [2.75, 3.05) is 25.7 Å². The molecule has 1 heterocycles. The SMILES string of the molecule is COc1cc(Oc2cnc(N)nc2N)cc(OC)c1Br. The molecule has 0 amide bonds. The van der Waals surface area contributed by atoms with Gasteiger partial charge in [-0.1, -0.05) is 0 Å².